The minimum Gasteiger partial charge on any atom is -0.451 e. The molecule has 4 heterocycles. The lowest BCUT2D eigenvalue weighted by molar-refractivity contribution is 0.00958. The molecule has 136 valence electrons. The van der Waals surface area contributed by atoms with Crippen LogP contribution in [0.4, 0.5) is 5.82 Å². The molecule has 0 amide bonds. The second kappa shape index (κ2) is 6.36. The van der Waals surface area contributed by atoms with Crippen LogP contribution in [0.1, 0.15) is 47.8 Å². The van der Waals surface area contributed by atoms with Crippen molar-refractivity contribution in [2.45, 2.75) is 31.9 Å². The van der Waals surface area contributed by atoms with Crippen LogP contribution >= 0.6 is 0 Å². The first-order chi connectivity index (χ1) is 12.5. The summed E-state index contributed by atoms with van der Waals surface area (Å²) in [5.41, 5.74) is 2.10. The fourth-order valence-corrected chi connectivity index (χ4v) is 4.19. The van der Waals surface area contributed by atoms with Gasteiger partial charge in [-0.15, -0.1) is 0 Å². The van der Waals surface area contributed by atoms with Gasteiger partial charge in [0.15, 0.2) is 0 Å². The Balaban J connectivity index is 1.55. The van der Waals surface area contributed by atoms with Gasteiger partial charge in [0.1, 0.15) is 17.0 Å². The third-order valence-electron chi connectivity index (χ3n) is 5.48. The predicted octanol–water partition coefficient (Wildman–Crippen LogP) is 2.99. The number of carbonyl (C=O) groups is 1. The minimum atomic E-state index is -0.600. The van der Waals surface area contributed by atoms with E-state index in [1.807, 2.05) is 32.2 Å². The lowest BCUT2D eigenvalue weighted by Gasteiger charge is -2.25. The first kappa shape index (κ1) is 17.0. The summed E-state index contributed by atoms with van der Waals surface area (Å²) in [5, 5.41) is 3.42. The van der Waals surface area contributed by atoms with Crippen LogP contribution < -0.4 is 5.32 Å². The van der Waals surface area contributed by atoms with Gasteiger partial charge in [-0.1, -0.05) is 6.07 Å². The van der Waals surface area contributed by atoms with Gasteiger partial charge in [0, 0.05) is 36.7 Å². The molecule has 0 saturated carbocycles. The number of hydrogen-bond donors (Lipinski definition) is 1. The molecule has 2 aromatic rings. The Bertz CT molecular complexity index is 822. The van der Waals surface area contributed by atoms with Gasteiger partial charge in [0.25, 0.3) is 0 Å². The van der Waals surface area contributed by atoms with Gasteiger partial charge in [0.2, 0.25) is 0 Å². The minimum absolute atomic E-state index is 0.298. The van der Waals surface area contributed by atoms with Gasteiger partial charge in [-0.3, -0.25) is 9.88 Å². The Morgan fingerprint density at radius 3 is 2.96 bits per heavy atom. The highest BCUT2D eigenvalue weighted by molar-refractivity contribution is 5.99. The van der Waals surface area contributed by atoms with E-state index in [0.29, 0.717) is 23.3 Å². The molecule has 1 N–H and O–H groups in total. The van der Waals surface area contributed by atoms with Crippen molar-refractivity contribution in [3.63, 3.8) is 0 Å². The maximum absolute atomic E-state index is 12.3. The number of esters is 1. The fourth-order valence-electron chi connectivity index (χ4n) is 4.19. The number of likely N-dealkylation sites (tertiary alicyclic amines) is 1. The van der Waals surface area contributed by atoms with E-state index in [4.69, 9.17) is 4.74 Å². The van der Waals surface area contributed by atoms with Crippen molar-refractivity contribution in [1.29, 1.82) is 0 Å². The molecular formula is C20H24N4O2. The van der Waals surface area contributed by atoms with Gasteiger partial charge >= 0.3 is 5.97 Å². The van der Waals surface area contributed by atoms with Crippen molar-refractivity contribution in [3.8, 4) is 0 Å². The number of fused-ring (bicyclic) bond motifs is 1. The maximum atomic E-state index is 12.3. The van der Waals surface area contributed by atoms with E-state index >= 15 is 0 Å². The van der Waals surface area contributed by atoms with Crippen molar-refractivity contribution in [3.05, 3.63) is 53.5 Å². The molecular weight excluding hydrogens is 328 g/mol. The van der Waals surface area contributed by atoms with Gasteiger partial charge in [-0.2, -0.15) is 0 Å². The molecule has 0 unspecified atom stereocenters. The van der Waals surface area contributed by atoms with Gasteiger partial charge in [-0.25, -0.2) is 9.78 Å². The molecule has 0 bridgehead atoms. The van der Waals surface area contributed by atoms with E-state index in [0.717, 1.165) is 25.1 Å². The standard InChI is InChI=1S/C20H24N4O2/c1-20(2)15-6-9-22-18(16(15)19(25)26-20)23-12-14-7-10-24(3)17(14)13-5-4-8-21-11-13/h4-6,8-9,11,14,17H,7,10,12H2,1-3H3,(H,22,23)/t14-,17-/m0/s1. The highest BCUT2D eigenvalue weighted by atomic mass is 16.6. The van der Waals surface area contributed by atoms with Crippen LogP contribution in [0.15, 0.2) is 36.8 Å². The Morgan fingerprint density at radius 1 is 1.35 bits per heavy atom. The Morgan fingerprint density at radius 2 is 2.19 bits per heavy atom. The smallest absolute Gasteiger partial charge is 0.343 e. The topological polar surface area (TPSA) is 67.4 Å². The van der Waals surface area contributed by atoms with Crippen LogP contribution in [-0.4, -0.2) is 41.0 Å². The molecule has 1 fully saturated rings. The number of nitrogens with one attached hydrogen (secondary N) is 1. The summed E-state index contributed by atoms with van der Waals surface area (Å²) in [5.74, 6) is 0.748. The third kappa shape index (κ3) is 2.84. The second-order valence-corrected chi connectivity index (χ2v) is 7.62. The molecule has 2 aliphatic rings. The van der Waals surface area contributed by atoms with Crippen LogP contribution in [0, 0.1) is 5.92 Å². The number of cyclic esters (lactones) is 1. The van der Waals surface area contributed by atoms with Gasteiger partial charge in [0.05, 0.1) is 0 Å². The van der Waals surface area contributed by atoms with E-state index in [1.165, 1.54) is 5.56 Å². The number of carbonyl (C=O) groups excluding carboxylic acids is 1. The molecule has 1 saturated heterocycles. The average Bonchev–Trinajstić information content (AvgIpc) is 3.11. The Hall–Kier alpha value is -2.47. The summed E-state index contributed by atoms with van der Waals surface area (Å²) in [6.07, 6.45) is 6.58. The largest absolute Gasteiger partial charge is 0.451 e. The second-order valence-electron chi connectivity index (χ2n) is 7.62. The number of nitrogens with zero attached hydrogens (tertiary/aromatic N) is 3. The number of anilines is 1. The first-order valence-electron chi connectivity index (χ1n) is 9.04. The van der Waals surface area contributed by atoms with Crippen molar-refractivity contribution in [1.82, 2.24) is 14.9 Å². The molecule has 0 aliphatic carbocycles. The first-order valence-corrected chi connectivity index (χ1v) is 9.04. The van der Waals surface area contributed by atoms with Gasteiger partial charge in [-0.05, 0) is 57.5 Å². The van der Waals surface area contributed by atoms with Crippen molar-refractivity contribution in [2.24, 2.45) is 5.92 Å². The summed E-state index contributed by atoms with van der Waals surface area (Å²) < 4.78 is 5.50. The van der Waals surface area contributed by atoms with Crippen LogP contribution in [0.3, 0.4) is 0 Å². The van der Waals surface area contributed by atoms with Crippen molar-refractivity contribution >= 4 is 11.8 Å². The predicted molar refractivity (Wildman–Crippen MR) is 98.9 cm³/mol. The zero-order valence-corrected chi connectivity index (χ0v) is 15.4. The molecule has 6 nitrogen and oxygen atoms in total. The quantitative estimate of drug-likeness (QED) is 0.853. The Kier molecular flexibility index (Phi) is 4.15. The SMILES string of the molecule is CN1CC[C@@H](CNc2nccc3c2C(=O)OC3(C)C)[C@@H]1c1cccnc1. The molecule has 0 spiro atoms. The summed E-state index contributed by atoms with van der Waals surface area (Å²) >= 11 is 0. The third-order valence-corrected chi connectivity index (χ3v) is 5.48. The molecule has 6 heteroatoms. The van der Waals surface area contributed by atoms with Crippen LogP contribution in [-0.2, 0) is 10.3 Å². The fraction of sp³-hybridized carbons (Fsp3) is 0.450. The number of aromatic nitrogens is 2. The lowest BCUT2D eigenvalue weighted by Crippen LogP contribution is -2.25. The van der Waals surface area contributed by atoms with E-state index in [2.05, 4.69) is 33.3 Å². The van der Waals surface area contributed by atoms with Crippen LogP contribution in [0.25, 0.3) is 0 Å². The monoisotopic (exact) mass is 352 g/mol. The summed E-state index contributed by atoms with van der Waals surface area (Å²) in [7, 11) is 2.15. The molecule has 4 rings (SSSR count). The van der Waals surface area contributed by atoms with Crippen molar-refractivity contribution in [2.75, 3.05) is 25.5 Å². The van der Waals surface area contributed by atoms with E-state index in [-0.39, 0.29) is 5.97 Å². The highest BCUT2D eigenvalue weighted by Gasteiger charge is 2.40. The molecule has 2 aromatic heterocycles. The summed E-state index contributed by atoms with van der Waals surface area (Å²) in [6.45, 7) is 5.61. The molecule has 0 aromatic carbocycles. The number of hydrogen-bond acceptors (Lipinski definition) is 6. The zero-order chi connectivity index (χ0) is 18.3. The van der Waals surface area contributed by atoms with E-state index < -0.39 is 5.60 Å². The van der Waals surface area contributed by atoms with Gasteiger partial charge < -0.3 is 10.1 Å². The lowest BCUT2D eigenvalue weighted by atomic mass is 9.94. The molecule has 0 radical (unpaired) electrons. The molecule has 26 heavy (non-hydrogen) atoms. The highest BCUT2D eigenvalue weighted by Crippen LogP contribution is 2.39. The van der Waals surface area contributed by atoms with E-state index in [9.17, 15) is 4.79 Å². The normalized spacial score (nSPS) is 24.3. The van der Waals surface area contributed by atoms with Crippen LogP contribution in [0.2, 0.25) is 0 Å². The Labute approximate surface area is 153 Å². The van der Waals surface area contributed by atoms with Crippen LogP contribution in [0.5, 0.6) is 0 Å². The molecule has 2 atom stereocenters. The maximum Gasteiger partial charge on any atom is 0.343 e. The summed E-state index contributed by atoms with van der Waals surface area (Å²) in [6, 6.07) is 6.30. The van der Waals surface area contributed by atoms with E-state index in [1.54, 1.807) is 12.4 Å². The number of ether oxygens (including phenoxy) is 1. The zero-order valence-electron chi connectivity index (χ0n) is 15.4. The summed E-state index contributed by atoms with van der Waals surface area (Å²) in [4.78, 5) is 23.4. The number of rotatable bonds is 4. The number of pyridine rings is 2. The molecule has 2 aliphatic heterocycles. The van der Waals surface area contributed by atoms with Crippen molar-refractivity contribution < 1.29 is 9.53 Å². The average molecular weight is 352 g/mol.